The fourth-order valence-electron chi connectivity index (χ4n) is 1.90. The number of nitrogens with one attached hydrogen (secondary N) is 1. The number of hydrogen-bond donors (Lipinski definition) is 1. The lowest BCUT2D eigenvalue weighted by molar-refractivity contribution is -0.141. The normalized spacial score (nSPS) is 11.7. The first-order valence-electron chi connectivity index (χ1n) is 6.56. The van der Waals surface area contributed by atoms with Gasteiger partial charge in [0.15, 0.2) is 5.69 Å². The Morgan fingerprint density at radius 2 is 2.09 bits per heavy atom. The number of nitrogens with zero attached hydrogens (tertiary/aromatic N) is 3. The van der Waals surface area contributed by atoms with E-state index >= 15 is 0 Å². The molecule has 0 spiro atoms. The van der Waals surface area contributed by atoms with Crippen LogP contribution in [0.4, 0.5) is 13.2 Å². The third kappa shape index (κ3) is 4.09. The van der Waals surface area contributed by atoms with Crippen LogP contribution >= 0.6 is 0 Å². The third-order valence-electron chi connectivity index (χ3n) is 2.93. The van der Waals surface area contributed by atoms with E-state index in [1.54, 1.807) is 13.0 Å². The predicted molar refractivity (Wildman–Crippen MR) is 69.9 cm³/mol. The molecule has 9 heteroatoms. The van der Waals surface area contributed by atoms with Gasteiger partial charge in [-0.3, -0.25) is 9.48 Å². The minimum atomic E-state index is -4.47. The van der Waals surface area contributed by atoms with E-state index in [0.29, 0.717) is 17.1 Å². The Hall–Kier alpha value is -2.32. The molecule has 0 bridgehead atoms. The molecule has 2 heterocycles. The molecule has 0 aliphatic heterocycles. The van der Waals surface area contributed by atoms with Crippen molar-refractivity contribution in [2.75, 3.05) is 6.54 Å². The summed E-state index contributed by atoms with van der Waals surface area (Å²) in [5.41, 5.74) is 0.121. The summed E-state index contributed by atoms with van der Waals surface area (Å²) in [4.78, 5) is 11.7. The summed E-state index contributed by atoms with van der Waals surface area (Å²) in [7, 11) is 0. The molecular weight excluding hydrogens is 301 g/mol. The van der Waals surface area contributed by atoms with E-state index < -0.39 is 11.9 Å². The van der Waals surface area contributed by atoms with Crippen molar-refractivity contribution in [2.24, 2.45) is 0 Å². The lowest BCUT2D eigenvalue weighted by Gasteiger charge is -2.06. The van der Waals surface area contributed by atoms with Crippen LogP contribution in [0, 0.1) is 13.8 Å². The van der Waals surface area contributed by atoms with Gasteiger partial charge in [-0.2, -0.15) is 18.3 Å². The summed E-state index contributed by atoms with van der Waals surface area (Å²) in [5, 5.41) is 9.73. The predicted octanol–water partition coefficient (Wildman–Crippen LogP) is 1.87. The van der Waals surface area contributed by atoms with Gasteiger partial charge >= 0.3 is 6.18 Å². The zero-order chi connectivity index (χ0) is 16.3. The Bertz CT molecular complexity index is 661. The lowest BCUT2D eigenvalue weighted by Crippen LogP contribution is -2.29. The summed E-state index contributed by atoms with van der Waals surface area (Å²) in [6.07, 6.45) is -4.43. The molecule has 0 aliphatic carbocycles. The van der Waals surface area contributed by atoms with Gasteiger partial charge in [-0.15, -0.1) is 0 Å². The molecule has 1 N–H and O–H groups in total. The van der Waals surface area contributed by atoms with Crippen LogP contribution in [0.2, 0.25) is 0 Å². The highest BCUT2D eigenvalue weighted by molar-refractivity contribution is 5.77. The Balaban J connectivity index is 1.83. The second-order valence-corrected chi connectivity index (χ2v) is 4.85. The molecule has 2 aromatic heterocycles. The molecule has 0 atom stereocenters. The largest absolute Gasteiger partial charge is 0.435 e. The van der Waals surface area contributed by atoms with Crippen molar-refractivity contribution in [3.63, 3.8) is 0 Å². The number of amides is 1. The van der Waals surface area contributed by atoms with Crippen molar-refractivity contribution in [3.05, 3.63) is 35.0 Å². The van der Waals surface area contributed by atoms with Crippen molar-refractivity contribution < 1.29 is 22.5 Å². The monoisotopic (exact) mass is 316 g/mol. The molecule has 2 rings (SSSR count). The molecule has 0 saturated carbocycles. The van der Waals surface area contributed by atoms with Gasteiger partial charge in [0.25, 0.3) is 0 Å². The number of carbonyl (C=O) groups is 1. The van der Waals surface area contributed by atoms with Gasteiger partial charge < -0.3 is 9.84 Å². The van der Waals surface area contributed by atoms with Crippen LogP contribution in [0.1, 0.15) is 22.8 Å². The quantitative estimate of drug-likeness (QED) is 0.914. The van der Waals surface area contributed by atoms with Crippen molar-refractivity contribution in [2.45, 2.75) is 33.0 Å². The molecule has 0 saturated heterocycles. The van der Waals surface area contributed by atoms with Crippen LogP contribution in [0.25, 0.3) is 0 Å². The van der Waals surface area contributed by atoms with Crippen molar-refractivity contribution in [1.29, 1.82) is 0 Å². The van der Waals surface area contributed by atoms with E-state index in [1.165, 1.54) is 11.6 Å². The van der Waals surface area contributed by atoms with Gasteiger partial charge in [-0.25, -0.2) is 0 Å². The average molecular weight is 316 g/mol. The minimum absolute atomic E-state index is 0.0345. The average Bonchev–Trinajstić information content (AvgIpc) is 2.96. The van der Waals surface area contributed by atoms with E-state index in [1.807, 2.05) is 0 Å². The number of carbonyl (C=O) groups excluding carboxylic acids is 1. The summed E-state index contributed by atoms with van der Waals surface area (Å²) in [6.45, 7) is 3.60. The molecule has 6 nitrogen and oxygen atoms in total. The molecule has 120 valence electrons. The van der Waals surface area contributed by atoms with E-state index in [0.717, 1.165) is 6.07 Å². The second kappa shape index (κ2) is 6.20. The molecule has 0 unspecified atom stereocenters. The topological polar surface area (TPSA) is 73.0 Å². The first-order valence-corrected chi connectivity index (χ1v) is 6.56. The highest BCUT2D eigenvalue weighted by Gasteiger charge is 2.34. The lowest BCUT2D eigenvalue weighted by atomic mass is 10.3. The van der Waals surface area contributed by atoms with Gasteiger partial charge in [0.1, 0.15) is 5.76 Å². The second-order valence-electron chi connectivity index (χ2n) is 4.85. The van der Waals surface area contributed by atoms with Crippen LogP contribution in [0.3, 0.4) is 0 Å². The van der Waals surface area contributed by atoms with Gasteiger partial charge in [0, 0.05) is 18.3 Å². The Morgan fingerprint density at radius 3 is 2.64 bits per heavy atom. The maximum Gasteiger partial charge on any atom is 0.435 e. The van der Waals surface area contributed by atoms with Crippen LogP contribution in [-0.2, 0) is 23.9 Å². The van der Waals surface area contributed by atoms with E-state index in [-0.39, 0.29) is 25.4 Å². The van der Waals surface area contributed by atoms with Crippen molar-refractivity contribution >= 4 is 5.91 Å². The summed E-state index contributed by atoms with van der Waals surface area (Å²) in [6, 6.07) is 2.62. The molecule has 0 radical (unpaired) electrons. The maximum absolute atomic E-state index is 12.5. The van der Waals surface area contributed by atoms with Gasteiger partial charge in [-0.05, 0) is 19.9 Å². The number of rotatable bonds is 5. The molecule has 2 aromatic rings. The summed E-state index contributed by atoms with van der Waals surface area (Å²) < 4.78 is 43.7. The minimum Gasteiger partial charge on any atom is -0.361 e. The van der Waals surface area contributed by atoms with Crippen LogP contribution in [-0.4, -0.2) is 27.4 Å². The van der Waals surface area contributed by atoms with Crippen LogP contribution < -0.4 is 5.32 Å². The van der Waals surface area contributed by atoms with Crippen molar-refractivity contribution in [1.82, 2.24) is 20.3 Å². The van der Waals surface area contributed by atoms with Crippen LogP contribution in [0.15, 0.2) is 16.7 Å². The Kier molecular flexibility index (Phi) is 4.53. The molecule has 0 fully saturated rings. The number of aromatic nitrogens is 3. The standard InChI is InChI=1S/C13H15F3N4O2/c1-8-5-10(22-19-8)7-12(21)17-3-4-20-9(2)6-11(18-20)13(14,15)16/h5-6H,3-4,7H2,1-2H3,(H,17,21). The van der Waals surface area contributed by atoms with E-state index in [9.17, 15) is 18.0 Å². The van der Waals surface area contributed by atoms with Crippen molar-refractivity contribution in [3.8, 4) is 0 Å². The van der Waals surface area contributed by atoms with E-state index in [2.05, 4.69) is 15.6 Å². The summed E-state index contributed by atoms with van der Waals surface area (Å²) >= 11 is 0. The zero-order valence-electron chi connectivity index (χ0n) is 12.1. The molecule has 0 aliphatic rings. The highest BCUT2D eigenvalue weighted by Crippen LogP contribution is 2.28. The number of alkyl halides is 3. The number of halogens is 3. The zero-order valence-corrected chi connectivity index (χ0v) is 12.1. The first-order chi connectivity index (χ1) is 10.3. The third-order valence-corrected chi connectivity index (χ3v) is 2.93. The van der Waals surface area contributed by atoms with Gasteiger partial charge in [-0.1, -0.05) is 5.16 Å². The molecule has 1 amide bonds. The highest BCUT2D eigenvalue weighted by atomic mass is 19.4. The van der Waals surface area contributed by atoms with Gasteiger partial charge in [0.05, 0.1) is 18.7 Å². The number of aryl methyl sites for hydroxylation is 2. The fourth-order valence-corrected chi connectivity index (χ4v) is 1.90. The Morgan fingerprint density at radius 1 is 1.36 bits per heavy atom. The first kappa shape index (κ1) is 16.1. The fraction of sp³-hybridized carbons (Fsp3) is 0.462. The smallest absolute Gasteiger partial charge is 0.361 e. The molecular formula is C13H15F3N4O2. The van der Waals surface area contributed by atoms with Crippen LogP contribution in [0.5, 0.6) is 0 Å². The SMILES string of the molecule is Cc1cc(CC(=O)NCCn2nc(C(F)(F)F)cc2C)on1. The molecule has 22 heavy (non-hydrogen) atoms. The van der Waals surface area contributed by atoms with Gasteiger partial charge in [0.2, 0.25) is 5.91 Å². The maximum atomic E-state index is 12.5. The van der Waals surface area contributed by atoms with E-state index in [4.69, 9.17) is 4.52 Å². The Labute approximate surface area is 124 Å². The summed E-state index contributed by atoms with van der Waals surface area (Å²) in [5.74, 6) is 0.140. The number of hydrogen-bond acceptors (Lipinski definition) is 4. The molecule has 0 aromatic carbocycles.